The zero-order valence-electron chi connectivity index (χ0n) is 11.5. The van der Waals surface area contributed by atoms with Crippen molar-refractivity contribution in [3.8, 4) is 0 Å². The van der Waals surface area contributed by atoms with Gasteiger partial charge >= 0.3 is 5.97 Å². The van der Waals surface area contributed by atoms with Crippen LogP contribution in [-0.2, 0) is 18.6 Å². The Morgan fingerprint density at radius 2 is 1.63 bits per heavy atom. The van der Waals surface area contributed by atoms with E-state index in [0.717, 1.165) is 0 Å². The van der Waals surface area contributed by atoms with Gasteiger partial charge in [-0.15, -0.1) is 0 Å². The fourth-order valence-electron chi connectivity index (χ4n) is 1.34. The summed E-state index contributed by atoms with van der Waals surface area (Å²) in [6, 6.07) is 0. The maximum absolute atomic E-state index is 12.2. The molecule has 0 spiro atoms. The van der Waals surface area contributed by atoms with Gasteiger partial charge in [0.2, 0.25) is 7.37 Å². The lowest BCUT2D eigenvalue weighted by atomic mass is 10.3. The SMILES string of the molecule is CCP(=O)(CC(=O)OCCCCO)OCCCCO. The minimum absolute atomic E-state index is 0.0684. The van der Waals surface area contributed by atoms with Crippen molar-refractivity contribution in [2.24, 2.45) is 0 Å². The molecule has 0 saturated carbocycles. The third-order valence-corrected chi connectivity index (χ3v) is 4.90. The van der Waals surface area contributed by atoms with E-state index in [1.165, 1.54) is 0 Å². The molecule has 0 heterocycles. The first kappa shape index (κ1) is 18.6. The van der Waals surface area contributed by atoms with Crippen LogP contribution in [0.25, 0.3) is 0 Å². The molecule has 1 atom stereocenters. The summed E-state index contributed by atoms with van der Waals surface area (Å²) in [5.41, 5.74) is 0. The van der Waals surface area contributed by atoms with Crippen LogP contribution in [0.5, 0.6) is 0 Å². The van der Waals surface area contributed by atoms with Crippen molar-refractivity contribution in [3.05, 3.63) is 0 Å². The molecule has 0 aliphatic carbocycles. The third kappa shape index (κ3) is 10.1. The summed E-state index contributed by atoms with van der Waals surface area (Å²) < 4.78 is 22.4. The van der Waals surface area contributed by atoms with Crippen LogP contribution in [0.2, 0.25) is 0 Å². The Bertz CT molecular complexity index is 281. The lowest BCUT2D eigenvalue weighted by Gasteiger charge is -2.16. The molecule has 0 fully saturated rings. The summed E-state index contributed by atoms with van der Waals surface area (Å²) in [4.78, 5) is 11.5. The first-order valence-corrected chi connectivity index (χ1v) is 8.67. The minimum Gasteiger partial charge on any atom is -0.465 e. The van der Waals surface area contributed by atoms with E-state index >= 15 is 0 Å². The van der Waals surface area contributed by atoms with Crippen molar-refractivity contribution in [1.82, 2.24) is 0 Å². The van der Waals surface area contributed by atoms with Gasteiger partial charge in [0, 0.05) is 19.4 Å². The number of ether oxygens (including phenoxy) is 1. The Labute approximate surface area is 114 Å². The van der Waals surface area contributed by atoms with Gasteiger partial charge < -0.3 is 19.5 Å². The van der Waals surface area contributed by atoms with Crippen LogP contribution in [0.15, 0.2) is 0 Å². The van der Waals surface area contributed by atoms with E-state index < -0.39 is 13.3 Å². The fraction of sp³-hybridized carbons (Fsp3) is 0.917. The summed E-state index contributed by atoms with van der Waals surface area (Å²) in [5.74, 6) is -0.523. The van der Waals surface area contributed by atoms with Crippen LogP contribution in [0.3, 0.4) is 0 Å². The maximum atomic E-state index is 12.2. The summed E-state index contributed by atoms with van der Waals surface area (Å²) in [5, 5.41) is 17.2. The summed E-state index contributed by atoms with van der Waals surface area (Å²) in [6.07, 6.45) is 2.47. The van der Waals surface area contributed by atoms with Crippen LogP contribution in [0, 0.1) is 0 Å². The largest absolute Gasteiger partial charge is 0.465 e. The van der Waals surface area contributed by atoms with Crippen LogP contribution in [-0.4, -0.2) is 54.9 Å². The monoisotopic (exact) mass is 296 g/mol. The number of hydrogen-bond acceptors (Lipinski definition) is 6. The third-order valence-electron chi connectivity index (χ3n) is 2.55. The highest BCUT2D eigenvalue weighted by Gasteiger charge is 2.25. The Morgan fingerprint density at radius 3 is 2.16 bits per heavy atom. The molecule has 0 aliphatic heterocycles. The second-order valence-electron chi connectivity index (χ2n) is 4.20. The lowest BCUT2D eigenvalue weighted by Crippen LogP contribution is -2.14. The Morgan fingerprint density at radius 1 is 1.05 bits per heavy atom. The van der Waals surface area contributed by atoms with E-state index in [0.29, 0.717) is 25.7 Å². The molecule has 0 rings (SSSR count). The molecule has 0 aromatic rings. The van der Waals surface area contributed by atoms with Crippen molar-refractivity contribution in [2.75, 3.05) is 38.8 Å². The predicted octanol–water partition coefficient (Wildman–Crippen LogP) is 1.39. The normalized spacial score (nSPS) is 14.1. The molecular weight excluding hydrogens is 271 g/mol. The highest BCUT2D eigenvalue weighted by Crippen LogP contribution is 2.46. The van der Waals surface area contributed by atoms with E-state index in [-0.39, 0.29) is 38.8 Å². The van der Waals surface area contributed by atoms with Gasteiger partial charge in [-0.05, 0) is 25.7 Å². The highest BCUT2D eigenvalue weighted by atomic mass is 31.2. The van der Waals surface area contributed by atoms with Crippen LogP contribution >= 0.6 is 7.37 Å². The number of unbranched alkanes of at least 4 members (excludes halogenated alkanes) is 2. The van der Waals surface area contributed by atoms with Gasteiger partial charge in [0.15, 0.2) is 0 Å². The van der Waals surface area contributed by atoms with Gasteiger partial charge in [0.25, 0.3) is 0 Å². The smallest absolute Gasteiger partial charge is 0.315 e. The van der Waals surface area contributed by atoms with Gasteiger partial charge in [-0.1, -0.05) is 6.92 Å². The maximum Gasteiger partial charge on any atom is 0.315 e. The Hall–Kier alpha value is -0.420. The van der Waals surface area contributed by atoms with E-state index in [4.69, 9.17) is 19.5 Å². The fourth-order valence-corrected chi connectivity index (χ4v) is 2.78. The van der Waals surface area contributed by atoms with Gasteiger partial charge in [-0.2, -0.15) is 0 Å². The Kier molecular flexibility index (Phi) is 11.2. The van der Waals surface area contributed by atoms with Crippen LogP contribution < -0.4 is 0 Å². The van der Waals surface area contributed by atoms with Gasteiger partial charge in [0.1, 0.15) is 6.16 Å². The van der Waals surface area contributed by atoms with E-state index in [2.05, 4.69) is 0 Å². The zero-order valence-corrected chi connectivity index (χ0v) is 12.4. The number of hydrogen-bond donors (Lipinski definition) is 2. The molecule has 0 aromatic carbocycles. The first-order chi connectivity index (χ1) is 9.08. The number of rotatable bonds is 12. The summed E-state index contributed by atoms with van der Waals surface area (Å²) in [7, 11) is -2.96. The topological polar surface area (TPSA) is 93.1 Å². The average molecular weight is 296 g/mol. The van der Waals surface area contributed by atoms with Crippen LogP contribution in [0.4, 0.5) is 0 Å². The first-order valence-electron chi connectivity index (χ1n) is 6.68. The van der Waals surface area contributed by atoms with Gasteiger partial charge in [-0.25, -0.2) is 0 Å². The molecule has 6 nitrogen and oxygen atoms in total. The number of carbonyl (C=O) groups excluding carboxylic acids is 1. The number of aliphatic hydroxyl groups excluding tert-OH is 2. The summed E-state index contributed by atoms with van der Waals surface area (Å²) >= 11 is 0. The van der Waals surface area contributed by atoms with Crippen molar-refractivity contribution >= 4 is 13.3 Å². The van der Waals surface area contributed by atoms with Crippen molar-refractivity contribution in [1.29, 1.82) is 0 Å². The molecule has 2 N–H and O–H groups in total. The molecule has 7 heteroatoms. The zero-order chi connectivity index (χ0) is 14.6. The van der Waals surface area contributed by atoms with Gasteiger partial charge in [-0.3, -0.25) is 9.36 Å². The second-order valence-corrected chi connectivity index (χ2v) is 7.04. The predicted molar refractivity (Wildman–Crippen MR) is 72.6 cm³/mol. The van der Waals surface area contributed by atoms with Crippen molar-refractivity contribution in [3.63, 3.8) is 0 Å². The minimum atomic E-state index is -2.96. The molecular formula is C12H25O6P. The molecule has 19 heavy (non-hydrogen) atoms. The average Bonchev–Trinajstić information content (AvgIpc) is 2.40. The second kappa shape index (κ2) is 11.4. The molecule has 0 aromatic heterocycles. The molecule has 1 unspecified atom stereocenters. The Balaban J connectivity index is 3.93. The van der Waals surface area contributed by atoms with E-state index in [1.807, 2.05) is 0 Å². The summed E-state index contributed by atoms with van der Waals surface area (Å²) in [6.45, 7) is 2.37. The molecule has 0 saturated heterocycles. The number of esters is 1. The number of carbonyl (C=O) groups is 1. The molecule has 0 aliphatic rings. The molecule has 114 valence electrons. The molecule has 0 radical (unpaired) electrons. The van der Waals surface area contributed by atoms with Crippen molar-refractivity contribution in [2.45, 2.75) is 32.6 Å². The quantitative estimate of drug-likeness (QED) is 0.321. The van der Waals surface area contributed by atoms with E-state index in [9.17, 15) is 9.36 Å². The van der Waals surface area contributed by atoms with Crippen LogP contribution in [0.1, 0.15) is 32.6 Å². The highest BCUT2D eigenvalue weighted by molar-refractivity contribution is 7.59. The molecule has 0 bridgehead atoms. The lowest BCUT2D eigenvalue weighted by molar-refractivity contribution is -0.140. The number of aliphatic hydroxyl groups is 2. The van der Waals surface area contributed by atoms with Crippen molar-refractivity contribution < 1.29 is 28.8 Å². The van der Waals surface area contributed by atoms with E-state index in [1.54, 1.807) is 6.92 Å². The van der Waals surface area contributed by atoms with Gasteiger partial charge in [0.05, 0.1) is 13.2 Å². The standard InChI is InChI=1S/C12H25O6P/c1-2-19(16,18-10-6-4-8-14)11-12(15)17-9-5-3-7-13/h13-14H,2-11H2,1H3. The molecule has 0 amide bonds.